The van der Waals surface area contributed by atoms with Crippen molar-refractivity contribution < 1.29 is 42.9 Å². The van der Waals surface area contributed by atoms with E-state index in [9.17, 15) is 24.0 Å². The normalized spacial score (nSPS) is 21.0. The van der Waals surface area contributed by atoms with Crippen LogP contribution in [0.2, 0.25) is 0 Å². The van der Waals surface area contributed by atoms with E-state index < -0.39 is 68.3 Å². The average Bonchev–Trinajstić information content (AvgIpc) is 3.37. The number of ether oxygens (including phenoxy) is 4. The van der Waals surface area contributed by atoms with Crippen LogP contribution < -0.4 is 21.1 Å². The number of β-lactam (4-membered cyclic amide) rings is 1. The number of thioether (sulfide) groups is 1. The SMILES string of the molecule is CC1(C)S[C@H]2N(C(=O)[C@@]2(N)NC(=O)C(NC(=O)OCC(Cl)(Cl)Cl)c2ccc(OC(=O)OCc3ccccc3)cc2)[C@H]1C(=O)OCc1ccccc1. The van der Waals surface area contributed by atoms with Gasteiger partial charge in [0.15, 0.2) is 5.66 Å². The zero-order valence-electron chi connectivity index (χ0n) is 27.2. The van der Waals surface area contributed by atoms with Crippen LogP contribution in [0.15, 0.2) is 84.9 Å². The first-order chi connectivity index (χ1) is 24.1. The summed E-state index contributed by atoms with van der Waals surface area (Å²) in [5, 5.41) is 4.07. The molecule has 2 aliphatic rings. The molecule has 0 aliphatic carbocycles. The molecule has 17 heteroatoms. The molecule has 3 aromatic rings. The van der Waals surface area contributed by atoms with Gasteiger partial charge >= 0.3 is 18.2 Å². The van der Waals surface area contributed by atoms with E-state index in [4.69, 9.17) is 59.5 Å². The predicted molar refractivity (Wildman–Crippen MR) is 189 cm³/mol. The van der Waals surface area contributed by atoms with Crippen LogP contribution in [-0.2, 0) is 41.8 Å². The molecule has 0 saturated carbocycles. The Labute approximate surface area is 312 Å². The van der Waals surface area contributed by atoms with Gasteiger partial charge in [0.2, 0.25) is 9.70 Å². The van der Waals surface area contributed by atoms with Gasteiger partial charge in [-0.1, -0.05) is 108 Å². The first kappa shape index (κ1) is 38.0. The Balaban J connectivity index is 1.28. The Hall–Kier alpha value is -4.21. The van der Waals surface area contributed by atoms with Gasteiger partial charge in [0.25, 0.3) is 5.91 Å². The van der Waals surface area contributed by atoms with Gasteiger partial charge in [-0.2, -0.15) is 0 Å². The molecule has 2 heterocycles. The maximum Gasteiger partial charge on any atom is 0.514 e. The summed E-state index contributed by atoms with van der Waals surface area (Å²) < 4.78 is 18.1. The first-order valence-corrected chi connectivity index (χ1v) is 17.4. The van der Waals surface area contributed by atoms with Crippen LogP contribution in [0, 0.1) is 0 Å². The number of carbonyl (C=O) groups is 5. The molecular formula is C34H33Cl3N4O9S. The fraction of sp³-hybridized carbons (Fsp3) is 0.324. The van der Waals surface area contributed by atoms with Crippen molar-refractivity contribution in [2.45, 2.75) is 58.7 Å². The fourth-order valence-electron chi connectivity index (χ4n) is 5.44. The average molecular weight is 780 g/mol. The zero-order valence-corrected chi connectivity index (χ0v) is 30.3. The Kier molecular flexibility index (Phi) is 11.6. The minimum Gasteiger partial charge on any atom is -0.459 e. The Bertz CT molecular complexity index is 1760. The summed E-state index contributed by atoms with van der Waals surface area (Å²) in [6.45, 7) is 2.90. The number of alkyl carbamates (subject to hydrolysis) is 1. The molecule has 4 atom stereocenters. The maximum absolute atomic E-state index is 13.8. The molecule has 2 saturated heterocycles. The molecule has 4 N–H and O–H groups in total. The van der Waals surface area contributed by atoms with Crippen LogP contribution in [-0.4, -0.2) is 67.2 Å². The van der Waals surface area contributed by atoms with Gasteiger partial charge in [-0.05, 0) is 42.7 Å². The number of fused-ring (bicyclic) bond motifs is 1. The van der Waals surface area contributed by atoms with Crippen molar-refractivity contribution in [2.75, 3.05) is 6.61 Å². The lowest BCUT2D eigenvalue weighted by atomic mass is 9.91. The highest BCUT2D eigenvalue weighted by atomic mass is 35.6. The predicted octanol–water partition coefficient (Wildman–Crippen LogP) is 5.12. The monoisotopic (exact) mass is 778 g/mol. The van der Waals surface area contributed by atoms with Crippen LogP contribution >= 0.6 is 46.6 Å². The minimum atomic E-state index is -1.96. The topological polar surface area (TPSA) is 176 Å². The van der Waals surface area contributed by atoms with Crippen LogP contribution in [0.25, 0.3) is 0 Å². The lowest BCUT2D eigenvalue weighted by molar-refractivity contribution is -0.171. The number of rotatable bonds is 11. The van der Waals surface area contributed by atoms with E-state index in [0.717, 1.165) is 11.1 Å². The third-order valence-electron chi connectivity index (χ3n) is 7.87. The van der Waals surface area contributed by atoms with Crippen LogP contribution in [0.3, 0.4) is 0 Å². The standard InChI is InChI=1S/C34H33Cl3N4O9S/c1-32(2)25(27(43)47-17-20-9-5-3-6-10-20)41-28(44)34(38,29(41)51-32)40-26(42)24(39-30(45)49-19-33(35,36)37)22-13-15-23(16-14-22)50-31(46)48-18-21-11-7-4-8-12-21/h3-16,24-25,29H,17-19,38H2,1-2H3,(H,39,45)(H,40,42)/t24?,25-,29+,34+/m0/s1. The number of benzene rings is 3. The van der Waals surface area contributed by atoms with Gasteiger partial charge in [-0.15, -0.1) is 11.8 Å². The number of carbonyl (C=O) groups excluding carboxylic acids is 5. The number of hydrogen-bond donors (Lipinski definition) is 3. The molecular weight excluding hydrogens is 747 g/mol. The van der Waals surface area contributed by atoms with E-state index in [1.165, 1.54) is 40.9 Å². The highest BCUT2D eigenvalue weighted by Crippen LogP contribution is 2.53. The lowest BCUT2D eigenvalue weighted by Crippen LogP contribution is -2.84. The second kappa shape index (κ2) is 15.6. The number of esters is 1. The van der Waals surface area contributed by atoms with E-state index in [2.05, 4.69) is 10.6 Å². The third-order valence-corrected chi connectivity index (χ3v) is 9.85. The molecule has 0 radical (unpaired) electrons. The number of nitrogens with zero attached hydrogens (tertiary/aromatic N) is 1. The Morgan fingerprint density at radius 2 is 1.45 bits per heavy atom. The maximum atomic E-state index is 13.8. The van der Waals surface area contributed by atoms with Gasteiger partial charge in [0.1, 0.15) is 43.0 Å². The molecule has 0 aromatic heterocycles. The number of halogens is 3. The fourth-order valence-corrected chi connectivity index (χ4v) is 7.20. The van der Waals surface area contributed by atoms with E-state index in [1.807, 2.05) is 24.3 Å². The zero-order chi connectivity index (χ0) is 37.0. The quantitative estimate of drug-likeness (QED) is 0.0589. The Morgan fingerprint density at radius 3 is 2.02 bits per heavy atom. The summed E-state index contributed by atoms with van der Waals surface area (Å²) in [6, 6.07) is 21.1. The number of alkyl halides is 3. The van der Waals surface area contributed by atoms with Crippen molar-refractivity contribution >= 4 is 76.6 Å². The highest BCUT2D eigenvalue weighted by molar-refractivity contribution is 8.01. The number of amides is 3. The second-order valence-electron chi connectivity index (χ2n) is 12.1. The summed E-state index contributed by atoms with van der Waals surface area (Å²) in [7, 11) is 0. The molecule has 13 nitrogen and oxygen atoms in total. The van der Waals surface area contributed by atoms with Crippen molar-refractivity contribution in [3.63, 3.8) is 0 Å². The van der Waals surface area contributed by atoms with Gasteiger partial charge in [-0.3, -0.25) is 15.3 Å². The molecule has 3 amide bonds. The molecule has 3 aromatic carbocycles. The highest BCUT2D eigenvalue weighted by Gasteiger charge is 2.71. The van der Waals surface area contributed by atoms with Gasteiger partial charge in [-0.25, -0.2) is 14.4 Å². The molecule has 0 bridgehead atoms. The summed E-state index contributed by atoms with van der Waals surface area (Å²) in [5.74, 6) is -2.18. The molecule has 5 rings (SSSR count). The van der Waals surface area contributed by atoms with Crippen molar-refractivity contribution in [2.24, 2.45) is 5.73 Å². The van der Waals surface area contributed by atoms with Crippen LogP contribution in [0.1, 0.15) is 36.6 Å². The van der Waals surface area contributed by atoms with Crippen LogP contribution in [0.5, 0.6) is 5.75 Å². The first-order valence-electron chi connectivity index (χ1n) is 15.4. The van der Waals surface area contributed by atoms with Gasteiger partial charge < -0.3 is 34.5 Å². The number of nitrogens with one attached hydrogen (secondary N) is 2. The second-order valence-corrected chi connectivity index (χ2v) is 16.4. The molecule has 0 spiro atoms. The van der Waals surface area contributed by atoms with Crippen molar-refractivity contribution in [1.29, 1.82) is 0 Å². The van der Waals surface area contributed by atoms with E-state index in [1.54, 1.807) is 50.2 Å². The largest absolute Gasteiger partial charge is 0.514 e. The lowest BCUT2D eigenvalue weighted by Gasteiger charge is -2.51. The van der Waals surface area contributed by atoms with Crippen LogP contribution in [0.4, 0.5) is 9.59 Å². The smallest absolute Gasteiger partial charge is 0.459 e. The summed E-state index contributed by atoms with van der Waals surface area (Å²) in [5.41, 5.74) is 6.28. The molecule has 2 aliphatic heterocycles. The van der Waals surface area contributed by atoms with Gasteiger partial charge in [0, 0.05) is 4.75 Å². The number of nitrogens with two attached hydrogens (primary N) is 1. The van der Waals surface area contributed by atoms with Crippen molar-refractivity contribution in [1.82, 2.24) is 15.5 Å². The summed E-state index contributed by atoms with van der Waals surface area (Å²) in [4.78, 5) is 66.9. The number of hydrogen-bond acceptors (Lipinski definition) is 11. The molecule has 2 fully saturated rings. The van der Waals surface area contributed by atoms with E-state index >= 15 is 0 Å². The third kappa shape index (κ3) is 9.18. The van der Waals surface area contributed by atoms with Crippen molar-refractivity contribution in [3.05, 3.63) is 102 Å². The van der Waals surface area contributed by atoms with E-state index in [-0.39, 0.29) is 24.5 Å². The van der Waals surface area contributed by atoms with Gasteiger partial charge in [0.05, 0.1) is 0 Å². The Morgan fingerprint density at radius 1 is 0.882 bits per heavy atom. The molecule has 51 heavy (non-hydrogen) atoms. The molecule has 1 unspecified atom stereocenters. The summed E-state index contributed by atoms with van der Waals surface area (Å²) >= 11 is 18.3. The molecule has 270 valence electrons. The van der Waals surface area contributed by atoms with E-state index in [0.29, 0.717) is 0 Å². The minimum absolute atomic E-state index is 0.00848. The summed E-state index contributed by atoms with van der Waals surface area (Å²) in [6.07, 6.45) is -2.09. The van der Waals surface area contributed by atoms with Crippen molar-refractivity contribution in [3.8, 4) is 5.75 Å².